The van der Waals surface area contributed by atoms with E-state index < -0.39 is 5.97 Å². The lowest BCUT2D eigenvalue weighted by Crippen LogP contribution is -2.21. The van der Waals surface area contributed by atoms with E-state index in [0.717, 1.165) is 57.8 Å². The van der Waals surface area contributed by atoms with Crippen molar-refractivity contribution < 1.29 is 24.5 Å². The van der Waals surface area contributed by atoms with Crippen molar-refractivity contribution in [2.75, 3.05) is 7.11 Å². The number of rotatable bonds is 20. The molecule has 0 rings (SSSR count). The molecule has 0 bridgehead atoms. The summed E-state index contributed by atoms with van der Waals surface area (Å²) in [5.41, 5.74) is 0. The molecule has 5 nitrogen and oxygen atoms in total. The van der Waals surface area contributed by atoms with Gasteiger partial charge in [0, 0.05) is 12.8 Å². The monoisotopic (exact) mass is 400 g/mol. The van der Waals surface area contributed by atoms with E-state index in [1.807, 2.05) is 0 Å². The number of carbonyl (C=O) groups excluding carboxylic acids is 1. The highest BCUT2D eigenvalue weighted by atomic mass is 16.5. The number of ether oxygens (including phenoxy) is 1. The molecule has 0 radical (unpaired) electrons. The van der Waals surface area contributed by atoms with Crippen LogP contribution in [0.15, 0.2) is 0 Å². The first-order chi connectivity index (χ1) is 13.5. The fourth-order valence-corrected chi connectivity index (χ4v) is 3.72. The minimum absolute atomic E-state index is 0.142. The van der Waals surface area contributed by atoms with Gasteiger partial charge in [-0.05, 0) is 38.0 Å². The second-order valence-corrected chi connectivity index (χ2v) is 8.05. The van der Waals surface area contributed by atoms with Crippen molar-refractivity contribution in [1.82, 2.24) is 0 Å². The molecule has 0 heterocycles. The van der Waals surface area contributed by atoms with Gasteiger partial charge in [-0.3, -0.25) is 9.59 Å². The molecule has 2 unspecified atom stereocenters. The molecule has 0 saturated heterocycles. The Kier molecular flexibility index (Phi) is 18.5. The quantitative estimate of drug-likeness (QED) is 0.197. The molecule has 2 atom stereocenters. The molecule has 0 fully saturated rings. The van der Waals surface area contributed by atoms with Crippen LogP contribution in [0.4, 0.5) is 0 Å². The number of aliphatic hydroxyl groups is 1. The summed E-state index contributed by atoms with van der Waals surface area (Å²) in [7, 11) is 1.42. The Morgan fingerprint density at radius 1 is 0.750 bits per heavy atom. The molecule has 0 amide bonds. The van der Waals surface area contributed by atoms with Crippen LogP contribution in [0.5, 0.6) is 0 Å². The number of carboxylic acid groups (broad SMARTS) is 1. The lowest BCUT2D eigenvalue weighted by Gasteiger charge is -2.23. The van der Waals surface area contributed by atoms with Gasteiger partial charge in [0.1, 0.15) is 0 Å². The smallest absolute Gasteiger partial charge is 0.305 e. The summed E-state index contributed by atoms with van der Waals surface area (Å²) in [5, 5.41) is 19.5. The maximum Gasteiger partial charge on any atom is 0.305 e. The van der Waals surface area contributed by atoms with Crippen molar-refractivity contribution in [2.24, 2.45) is 5.92 Å². The largest absolute Gasteiger partial charge is 0.481 e. The lowest BCUT2D eigenvalue weighted by molar-refractivity contribution is -0.141. The van der Waals surface area contributed by atoms with Crippen LogP contribution >= 0.6 is 0 Å². The third kappa shape index (κ3) is 17.0. The summed E-state index contributed by atoms with van der Waals surface area (Å²) in [6.07, 6.45) is 16.1. The van der Waals surface area contributed by atoms with Crippen LogP contribution < -0.4 is 0 Å². The van der Waals surface area contributed by atoms with Gasteiger partial charge in [0.05, 0.1) is 13.2 Å². The molecular weight excluding hydrogens is 356 g/mol. The number of aliphatic hydroxyl groups excluding tert-OH is 1. The molecule has 0 aromatic carbocycles. The Labute approximate surface area is 172 Å². The van der Waals surface area contributed by atoms with E-state index in [1.165, 1.54) is 39.2 Å². The third-order valence-corrected chi connectivity index (χ3v) is 5.55. The zero-order valence-electron chi connectivity index (χ0n) is 18.3. The molecule has 28 heavy (non-hydrogen) atoms. The van der Waals surface area contributed by atoms with Gasteiger partial charge in [0.2, 0.25) is 0 Å². The highest BCUT2D eigenvalue weighted by Crippen LogP contribution is 2.24. The van der Waals surface area contributed by atoms with E-state index in [-0.39, 0.29) is 24.4 Å². The van der Waals surface area contributed by atoms with Gasteiger partial charge < -0.3 is 14.9 Å². The third-order valence-electron chi connectivity index (χ3n) is 5.55. The first-order valence-electron chi connectivity index (χ1n) is 11.5. The number of carbonyl (C=O) groups is 2. The van der Waals surface area contributed by atoms with Crippen molar-refractivity contribution in [3.63, 3.8) is 0 Å². The van der Waals surface area contributed by atoms with E-state index >= 15 is 0 Å². The normalized spacial score (nSPS) is 13.2. The fraction of sp³-hybridized carbons (Fsp3) is 0.913. The van der Waals surface area contributed by atoms with E-state index in [4.69, 9.17) is 5.11 Å². The summed E-state index contributed by atoms with van der Waals surface area (Å²) in [4.78, 5) is 21.9. The fourth-order valence-electron chi connectivity index (χ4n) is 3.72. The summed E-state index contributed by atoms with van der Waals surface area (Å²) in [6.45, 7) is 2.21. The second kappa shape index (κ2) is 19.2. The highest BCUT2D eigenvalue weighted by Gasteiger charge is 2.18. The number of aliphatic carboxylic acids is 1. The van der Waals surface area contributed by atoms with Gasteiger partial charge in [0.15, 0.2) is 0 Å². The molecular formula is C23H44O5. The van der Waals surface area contributed by atoms with Crippen LogP contribution in [0.1, 0.15) is 116 Å². The SMILES string of the molecule is CCCCCCCCC(O)C(CCCCCCCC(=O)OC)CCCC(=O)O. The Hall–Kier alpha value is -1.10. The first-order valence-corrected chi connectivity index (χ1v) is 11.5. The van der Waals surface area contributed by atoms with Crippen molar-refractivity contribution in [1.29, 1.82) is 0 Å². The maximum atomic E-state index is 11.1. The van der Waals surface area contributed by atoms with Gasteiger partial charge in [-0.25, -0.2) is 0 Å². The van der Waals surface area contributed by atoms with Gasteiger partial charge in [-0.1, -0.05) is 71.1 Å². The molecule has 0 aliphatic carbocycles. The topological polar surface area (TPSA) is 83.8 Å². The van der Waals surface area contributed by atoms with Crippen LogP contribution in [-0.4, -0.2) is 35.4 Å². The molecule has 0 aliphatic rings. The Morgan fingerprint density at radius 3 is 1.89 bits per heavy atom. The van der Waals surface area contributed by atoms with Crippen LogP contribution in [0, 0.1) is 5.92 Å². The average Bonchev–Trinajstić information content (AvgIpc) is 2.67. The number of carboxylic acids is 1. The summed E-state index contributed by atoms with van der Waals surface area (Å²) in [5.74, 6) is -0.684. The molecule has 0 saturated carbocycles. The molecule has 0 spiro atoms. The van der Waals surface area contributed by atoms with E-state index in [9.17, 15) is 14.7 Å². The summed E-state index contributed by atoms with van der Waals surface area (Å²) in [6, 6.07) is 0. The first kappa shape index (κ1) is 26.9. The van der Waals surface area contributed by atoms with Crippen LogP contribution in [0.3, 0.4) is 0 Å². The van der Waals surface area contributed by atoms with E-state index in [0.29, 0.717) is 12.8 Å². The number of unbranched alkanes of at least 4 members (excludes halogenated alkanes) is 9. The number of esters is 1. The standard InChI is InChI=1S/C23H44O5/c1-3-4-5-6-9-12-17-21(24)20(16-14-18-22(25)26)15-11-8-7-10-13-19-23(27)28-2/h20-21,24H,3-19H2,1-2H3,(H,25,26). The number of methoxy groups -OCH3 is 1. The van der Waals surface area contributed by atoms with Crippen molar-refractivity contribution >= 4 is 11.9 Å². The van der Waals surface area contributed by atoms with Crippen LogP contribution in [-0.2, 0) is 14.3 Å². The molecule has 0 aliphatic heterocycles. The second-order valence-electron chi connectivity index (χ2n) is 8.05. The maximum absolute atomic E-state index is 11.1. The zero-order chi connectivity index (χ0) is 21.0. The molecule has 166 valence electrons. The Balaban J connectivity index is 4.03. The van der Waals surface area contributed by atoms with E-state index in [2.05, 4.69) is 11.7 Å². The predicted molar refractivity (Wildman–Crippen MR) is 113 cm³/mol. The van der Waals surface area contributed by atoms with Crippen molar-refractivity contribution in [3.8, 4) is 0 Å². The lowest BCUT2D eigenvalue weighted by atomic mass is 9.87. The number of hydrogen-bond donors (Lipinski definition) is 2. The predicted octanol–water partition coefficient (Wildman–Crippen LogP) is 5.87. The van der Waals surface area contributed by atoms with Crippen molar-refractivity contribution in [2.45, 2.75) is 122 Å². The van der Waals surface area contributed by atoms with Gasteiger partial charge in [-0.2, -0.15) is 0 Å². The average molecular weight is 401 g/mol. The zero-order valence-corrected chi connectivity index (χ0v) is 18.3. The minimum atomic E-state index is -0.755. The molecule has 0 aromatic heterocycles. The number of hydrogen-bond acceptors (Lipinski definition) is 4. The molecule has 2 N–H and O–H groups in total. The van der Waals surface area contributed by atoms with Gasteiger partial charge >= 0.3 is 11.9 Å². The van der Waals surface area contributed by atoms with Crippen molar-refractivity contribution in [3.05, 3.63) is 0 Å². The summed E-state index contributed by atoms with van der Waals surface area (Å²) >= 11 is 0. The highest BCUT2D eigenvalue weighted by molar-refractivity contribution is 5.69. The minimum Gasteiger partial charge on any atom is -0.481 e. The van der Waals surface area contributed by atoms with Crippen LogP contribution in [0.2, 0.25) is 0 Å². The molecule has 5 heteroatoms. The van der Waals surface area contributed by atoms with Gasteiger partial charge in [0.25, 0.3) is 0 Å². The Bertz CT molecular complexity index is 383. The van der Waals surface area contributed by atoms with E-state index in [1.54, 1.807) is 0 Å². The molecule has 0 aromatic rings. The summed E-state index contributed by atoms with van der Waals surface area (Å²) < 4.78 is 4.64. The van der Waals surface area contributed by atoms with Crippen LogP contribution in [0.25, 0.3) is 0 Å². The van der Waals surface area contributed by atoms with Gasteiger partial charge in [-0.15, -0.1) is 0 Å². The Morgan fingerprint density at radius 2 is 1.29 bits per heavy atom.